The van der Waals surface area contributed by atoms with E-state index in [1.807, 2.05) is 0 Å². The van der Waals surface area contributed by atoms with Gasteiger partial charge in [0, 0.05) is 27.1 Å². The number of imide groups is 1. The van der Waals surface area contributed by atoms with Crippen molar-refractivity contribution in [2.45, 2.75) is 22.4 Å². The fourth-order valence-electron chi connectivity index (χ4n) is 5.20. The summed E-state index contributed by atoms with van der Waals surface area (Å²) in [5.41, 5.74) is -0.635. The van der Waals surface area contributed by atoms with E-state index >= 15 is 0 Å². The monoisotopic (exact) mass is 663 g/mol. The number of alkyl halides is 3. The lowest BCUT2D eigenvalue weighted by atomic mass is 9.82. The molecule has 1 saturated heterocycles. The molecule has 3 aromatic carbocycles. The molecule has 1 fully saturated rings. The molecule has 3 amide bonds. The normalized spacial score (nSPS) is 19.5. The van der Waals surface area contributed by atoms with E-state index in [1.165, 1.54) is 48.5 Å². The van der Waals surface area contributed by atoms with Crippen LogP contribution >= 0.6 is 34.7 Å². The van der Waals surface area contributed by atoms with Crippen molar-refractivity contribution in [2.24, 2.45) is 5.92 Å². The first-order valence-electron chi connectivity index (χ1n) is 12.8. The van der Waals surface area contributed by atoms with Crippen molar-refractivity contribution in [3.63, 3.8) is 0 Å². The maximum atomic E-state index is 14.0. The summed E-state index contributed by atoms with van der Waals surface area (Å²) in [4.78, 5) is 56.0. The second kappa shape index (κ2) is 11.4. The van der Waals surface area contributed by atoms with Gasteiger partial charge in [-0.1, -0.05) is 40.8 Å². The number of hydrogen-bond acceptors (Lipinski definition) is 7. The average Bonchev–Trinajstić information content (AvgIpc) is 3.47. The molecule has 226 valence electrons. The molecule has 0 spiro atoms. The zero-order valence-corrected chi connectivity index (χ0v) is 24.4. The van der Waals surface area contributed by atoms with Crippen molar-refractivity contribution in [3.05, 3.63) is 103 Å². The Labute approximate surface area is 259 Å². The fourth-order valence-corrected chi connectivity index (χ4v) is 7.88. The van der Waals surface area contributed by atoms with Gasteiger partial charge in [-0.25, -0.2) is 9.29 Å². The summed E-state index contributed by atoms with van der Waals surface area (Å²) in [7, 11) is 0. The van der Waals surface area contributed by atoms with Crippen LogP contribution in [0.1, 0.15) is 21.9 Å². The molecule has 0 aliphatic carbocycles. The van der Waals surface area contributed by atoms with E-state index in [-0.39, 0.29) is 16.5 Å². The number of halogens is 5. The van der Waals surface area contributed by atoms with Crippen molar-refractivity contribution < 1.29 is 36.7 Å². The van der Waals surface area contributed by atoms with Crippen LogP contribution in [0.3, 0.4) is 0 Å². The topological polar surface area (TPSA) is 109 Å². The van der Waals surface area contributed by atoms with Crippen molar-refractivity contribution >= 4 is 63.8 Å². The molecule has 6 rings (SSSR count). The van der Waals surface area contributed by atoms with E-state index in [2.05, 4.69) is 10.3 Å². The molecular weight excluding hydrogens is 646 g/mol. The predicted octanol–water partition coefficient (Wildman–Crippen LogP) is 6.06. The van der Waals surface area contributed by atoms with Crippen LogP contribution in [0, 0.1) is 11.7 Å². The van der Waals surface area contributed by atoms with E-state index in [1.54, 1.807) is 0 Å². The summed E-state index contributed by atoms with van der Waals surface area (Å²) in [6.07, 6.45) is -4.70. The number of H-pyrrole nitrogens is 1. The number of anilines is 2. The van der Waals surface area contributed by atoms with Crippen molar-refractivity contribution in [2.75, 3.05) is 16.8 Å². The van der Waals surface area contributed by atoms with Gasteiger partial charge in [0.05, 0.1) is 22.2 Å². The Morgan fingerprint density at radius 3 is 2.50 bits per heavy atom. The number of benzene rings is 3. The van der Waals surface area contributed by atoms with Crippen LogP contribution in [-0.2, 0) is 20.6 Å². The van der Waals surface area contributed by atoms with E-state index in [9.17, 15) is 36.7 Å². The van der Waals surface area contributed by atoms with E-state index < -0.39 is 63.8 Å². The van der Waals surface area contributed by atoms with Crippen LogP contribution in [0.15, 0.2) is 76.6 Å². The smallest absolute Gasteiger partial charge is 0.416 e. The first kappa shape index (κ1) is 29.9. The minimum absolute atomic E-state index is 0.129. The third-order valence-corrected chi connectivity index (χ3v) is 9.69. The number of carbonyl (C=O) groups is 3. The van der Waals surface area contributed by atoms with Crippen LogP contribution in [0.2, 0.25) is 5.02 Å². The van der Waals surface area contributed by atoms with Gasteiger partial charge in [-0.05, 0) is 60.7 Å². The van der Waals surface area contributed by atoms with Crippen LogP contribution in [0.25, 0.3) is 0 Å². The van der Waals surface area contributed by atoms with Gasteiger partial charge in [-0.2, -0.15) is 13.2 Å². The van der Waals surface area contributed by atoms with E-state index in [0.29, 0.717) is 21.2 Å². The molecule has 2 aliphatic heterocycles. The number of thiazole rings is 1. The molecule has 2 aliphatic rings. The molecule has 1 aromatic heterocycles. The molecule has 0 bridgehead atoms. The zero-order valence-electron chi connectivity index (χ0n) is 22.0. The Morgan fingerprint density at radius 2 is 1.77 bits per heavy atom. The van der Waals surface area contributed by atoms with E-state index in [4.69, 9.17) is 16.3 Å². The lowest BCUT2D eigenvalue weighted by molar-refractivity contribution is -0.137. The number of amides is 3. The van der Waals surface area contributed by atoms with Gasteiger partial charge in [0.15, 0.2) is 6.61 Å². The van der Waals surface area contributed by atoms with Crippen molar-refractivity contribution in [1.29, 1.82) is 0 Å². The lowest BCUT2D eigenvalue weighted by Crippen LogP contribution is -2.32. The first-order chi connectivity index (χ1) is 20.9. The molecule has 3 heterocycles. The maximum Gasteiger partial charge on any atom is 0.416 e. The molecule has 4 aromatic rings. The molecule has 15 heteroatoms. The number of hydrogen-bond donors (Lipinski definition) is 2. The number of aromatic amines is 1. The Bertz CT molecular complexity index is 1860. The molecular formula is C29H18ClF4N3O5S2. The van der Waals surface area contributed by atoms with Gasteiger partial charge < -0.3 is 15.0 Å². The van der Waals surface area contributed by atoms with Crippen molar-refractivity contribution in [3.8, 4) is 5.75 Å². The lowest BCUT2D eigenvalue weighted by Gasteiger charge is -2.31. The van der Waals surface area contributed by atoms with Crippen LogP contribution in [-0.4, -0.2) is 34.6 Å². The average molecular weight is 664 g/mol. The number of aromatic nitrogens is 1. The second-order valence-electron chi connectivity index (χ2n) is 9.84. The summed E-state index contributed by atoms with van der Waals surface area (Å²) in [6.45, 7) is -0.499. The van der Waals surface area contributed by atoms with Gasteiger partial charge in [-0.15, -0.1) is 0 Å². The summed E-state index contributed by atoms with van der Waals surface area (Å²) in [5.74, 6) is -4.55. The Morgan fingerprint density at radius 1 is 1.02 bits per heavy atom. The highest BCUT2D eigenvalue weighted by atomic mass is 35.5. The van der Waals surface area contributed by atoms with Gasteiger partial charge in [0.1, 0.15) is 16.8 Å². The highest BCUT2D eigenvalue weighted by Crippen LogP contribution is 2.55. The van der Waals surface area contributed by atoms with Gasteiger partial charge in [0.2, 0.25) is 11.8 Å². The molecule has 2 N–H and O–H groups in total. The van der Waals surface area contributed by atoms with Crippen LogP contribution in [0.5, 0.6) is 5.75 Å². The second-order valence-corrected chi connectivity index (χ2v) is 12.4. The minimum atomic E-state index is -4.70. The largest absolute Gasteiger partial charge is 0.483 e. The number of fused-ring (bicyclic) bond motifs is 2. The number of rotatable bonds is 6. The molecule has 0 radical (unpaired) electrons. The highest BCUT2D eigenvalue weighted by Gasteiger charge is 2.57. The SMILES string of the molecule is O=C(COc1ccc(Cl)cc1[C@@H]1c2sc(=O)[nH]c2S[C@H]2C(=O)N(c3cccc(C(F)(F)F)c3)C(=O)[C@@H]12)Nc1ccc(F)cc1. The number of nitrogens with zero attached hydrogens (tertiary/aromatic N) is 1. The summed E-state index contributed by atoms with van der Waals surface area (Å²) < 4.78 is 59.4. The molecule has 8 nitrogen and oxygen atoms in total. The third kappa shape index (κ3) is 5.60. The molecule has 44 heavy (non-hydrogen) atoms. The number of carbonyl (C=O) groups excluding carboxylic acids is 3. The standard InChI is InChI=1S/C29H18ClF4N3O5S2/c30-14-4-9-19(42-12-20(38)35-16-7-5-15(31)6-8-16)18(11-14)21-22-24(43-25-23(21)44-28(41)36-25)27(40)37(26(22)39)17-3-1-2-13(10-17)29(32,33)34/h1-11,21-22,24H,12H2,(H,35,38)(H,36,41)/t21-,22-,24+/m0/s1. The Kier molecular flexibility index (Phi) is 7.76. The first-order valence-corrected chi connectivity index (χ1v) is 14.9. The van der Waals surface area contributed by atoms with Gasteiger partial charge in [-0.3, -0.25) is 19.2 Å². The van der Waals surface area contributed by atoms with Crippen LogP contribution < -0.4 is 19.8 Å². The van der Waals surface area contributed by atoms with Gasteiger partial charge in [0.25, 0.3) is 5.91 Å². The highest BCUT2D eigenvalue weighted by molar-refractivity contribution is 8.00. The van der Waals surface area contributed by atoms with E-state index in [0.717, 1.165) is 46.2 Å². The zero-order chi connectivity index (χ0) is 31.3. The third-order valence-electron chi connectivity index (χ3n) is 7.05. The Balaban J connectivity index is 1.36. The van der Waals surface area contributed by atoms with Crippen molar-refractivity contribution in [1.82, 2.24) is 4.98 Å². The van der Waals surface area contributed by atoms with Crippen LogP contribution in [0.4, 0.5) is 28.9 Å². The molecule has 0 saturated carbocycles. The summed E-state index contributed by atoms with van der Waals surface area (Å²) >= 11 is 8.11. The summed E-state index contributed by atoms with van der Waals surface area (Å²) in [5, 5.41) is 2.04. The number of thioether (sulfide) groups is 1. The quantitative estimate of drug-likeness (QED) is 0.192. The summed E-state index contributed by atoms with van der Waals surface area (Å²) in [6, 6.07) is 13.5. The Hall–Kier alpha value is -4.14. The minimum Gasteiger partial charge on any atom is -0.483 e. The van der Waals surface area contributed by atoms with Gasteiger partial charge >= 0.3 is 11.0 Å². The molecule has 0 unspecified atom stereocenters. The number of nitrogens with one attached hydrogen (secondary N) is 2. The maximum absolute atomic E-state index is 14.0. The fraction of sp³-hybridized carbons (Fsp3) is 0.172. The number of ether oxygens (including phenoxy) is 1. The predicted molar refractivity (Wildman–Crippen MR) is 156 cm³/mol. The molecule has 3 atom stereocenters.